The Bertz CT molecular complexity index is 359. The Labute approximate surface area is 107 Å². The number of hydrogen-bond acceptors (Lipinski definition) is 4. The lowest BCUT2D eigenvalue weighted by molar-refractivity contribution is -0.135. The van der Waals surface area contributed by atoms with Crippen molar-refractivity contribution in [2.45, 2.75) is 12.8 Å². The van der Waals surface area contributed by atoms with E-state index in [1.807, 2.05) is 12.2 Å². The SMILES string of the molecule is COC(=O)/C=C/[C@H]1C[C@@H]1[C@H]1C[C@@H]1/C=C/C(=O)OC. The summed E-state index contributed by atoms with van der Waals surface area (Å²) >= 11 is 0. The van der Waals surface area contributed by atoms with Gasteiger partial charge < -0.3 is 9.47 Å². The van der Waals surface area contributed by atoms with Gasteiger partial charge in [-0.3, -0.25) is 0 Å². The molecule has 98 valence electrons. The molecular formula is C14H18O4. The minimum Gasteiger partial charge on any atom is -0.466 e. The molecule has 0 amide bonds. The third-order valence-electron chi connectivity index (χ3n) is 3.69. The van der Waals surface area contributed by atoms with Crippen LogP contribution in [0.2, 0.25) is 0 Å². The number of carbonyl (C=O) groups excluding carboxylic acids is 2. The third kappa shape index (κ3) is 3.22. The fourth-order valence-electron chi connectivity index (χ4n) is 2.44. The van der Waals surface area contributed by atoms with Crippen LogP contribution >= 0.6 is 0 Å². The first-order chi connectivity index (χ1) is 8.65. The lowest BCUT2D eigenvalue weighted by Gasteiger charge is -1.93. The molecule has 0 spiro atoms. The maximum absolute atomic E-state index is 10.9. The molecule has 18 heavy (non-hydrogen) atoms. The molecule has 0 aromatic rings. The predicted molar refractivity (Wildman–Crippen MR) is 65.5 cm³/mol. The van der Waals surface area contributed by atoms with E-state index in [1.54, 1.807) is 0 Å². The summed E-state index contributed by atoms with van der Waals surface area (Å²) in [6, 6.07) is 0. The molecule has 0 aromatic carbocycles. The van der Waals surface area contributed by atoms with Gasteiger partial charge in [0.1, 0.15) is 0 Å². The largest absolute Gasteiger partial charge is 0.466 e. The fraction of sp³-hybridized carbons (Fsp3) is 0.571. The summed E-state index contributed by atoms with van der Waals surface area (Å²) in [5.41, 5.74) is 0. The number of esters is 2. The molecule has 0 aliphatic heterocycles. The smallest absolute Gasteiger partial charge is 0.330 e. The number of methoxy groups -OCH3 is 2. The summed E-state index contributed by atoms with van der Waals surface area (Å²) < 4.78 is 9.10. The molecule has 0 N–H and O–H groups in total. The fourth-order valence-corrected chi connectivity index (χ4v) is 2.44. The van der Waals surface area contributed by atoms with E-state index in [-0.39, 0.29) is 11.9 Å². The molecule has 0 radical (unpaired) electrons. The maximum atomic E-state index is 10.9. The lowest BCUT2D eigenvalue weighted by atomic mass is 10.1. The Morgan fingerprint density at radius 1 is 0.889 bits per heavy atom. The highest BCUT2D eigenvalue weighted by Gasteiger charge is 2.51. The first-order valence-corrected chi connectivity index (χ1v) is 6.18. The molecular weight excluding hydrogens is 232 g/mol. The molecule has 4 atom stereocenters. The van der Waals surface area contributed by atoms with Gasteiger partial charge in [-0.05, 0) is 36.5 Å². The van der Waals surface area contributed by atoms with Gasteiger partial charge in [0.25, 0.3) is 0 Å². The topological polar surface area (TPSA) is 52.6 Å². The monoisotopic (exact) mass is 250 g/mol. The highest BCUT2D eigenvalue weighted by Crippen LogP contribution is 2.58. The van der Waals surface area contributed by atoms with Crippen molar-refractivity contribution < 1.29 is 19.1 Å². The first-order valence-electron chi connectivity index (χ1n) is 6.18. The van der Waals surface area contributed by atoms with Crippen LogP contribution in [0.4, 0.5) is 0 Å². The van der Waals surface area contributed by atoms with Crippen molar-refractivity contribution in [3.8, 4) is 0 Å². The average Bonchev–Trinajstić information content (AvgIpc) is 3.25. The highest BCUT2D eigenvalue weighted by atomic mass is 16.5. The Kier molecular flexibility index (Phi) is 3.84. The molecule has 2 rings (SSSR count). The number of ether oxygens (including phenoxy) is 2. The molecule has 0 bridgehead atoms. The highest BCUT2D eigenvalue weighted by molar-refractivity contribution is 5.82. The van der Waals surface area contributed by atoms with Crippen LogP contribution in [0.3, 0.4) is 0 Å². The standard InChI is InChI=1S/C14H18O4/c1-17-13(15)5-3-9-7-11(9)12-8-10(12)4-6-14(16)18-2/h3-6,9-12H,7-8H2,1-2H3/b5-3+,6-4+/t9-,10-,11-,12-/m0/s1. The van der Waals surface area contributed by atoms with E-state index in [4.69, 9.17) is 0 Å². The van der Waals surface area contributed by atoms with Crippen LogP contribution < -0.4 is 0 Å². The zero-order valence-electron chi connectivity index (χ0n) is 10.7. The summed E-state index contributed by atoms with van der Waals surface area (Å²) in [5, 5.41) is 0. The van der Waals surface area contributed by atoms with Gasteiger partial charge in [-0.1, -0.05) is 12.2 Å². The number of rotatable bonds is 5. The van der Waals surface area contributed by atoms with Crippen molar-refractivity contribution in [3.05, 3.63) is 24.3 Å². The number of carbonyl (C=O) groups is 2. The van der Waals surface area contributed by atoms with Gasteiger partial charge in [-0.2, -0.15) is 0 Å². The molecule has 0 unspecified atom stereocenters. The van der Waals surface area contributed by atoms with E-state index in [2.05, 4.69) is 9.47 Å². The second-order valence-electron chi connectivity index (χ2n) is 4.89. The quantitative estimate of drug-likeness (QED) is 0.550. The Morgan fingerprint density at radius 2 is 1.28 bits per heavy atom. The van der Waals surface area contributed by atoms with Crippen molar-refractivity contribution in [2.75, 3.05) is 14.2 Å². The van der Waals surface area contributed by atoms with E-state index in [0.717, 1.165) is 12.8 Å². The van der Waals surface area contributed by atoms with Crippen LogP contribution in [0.5, 0.6) is 0 Å². The predicted octanol–water partition coefficient (Wildman–Crippen LogP) is 1.72. The zero-order valence-corrected chi connectivity index (χ0v) is 10.7. The summed E-state index contributed by atoms with van der Waals surface area (Å²) in [7, 11) is 2.76. The molecule has 2 fully saturated rings. The van der Waals surface area contributed by atoms with Gasteiger partial charge in [-0.25, -0.2) is 9.59 Å². The minimum atomic E-state index is -0.293. The normalized spacial score (nSPS) is 33.7. The Morgan fingerprint density at radius 3 is 1.61 bits per heavy atom. The molecule has 0 saturated heterocycles. The Balaban J connectivity index is 1.71. The van der Waals surface area contributed by atoms with Gasteiger partial charge >= 0.3 is 11.9 Å². The number of allylic oxidation sites excluding steroid dienone is 2. The Hall–Kier alpha value is -1.58. The van der Waals surface area contributed by atoms with Crippen LogP contribution in [0.15, 0.2) is 24.3 Å². The van der Waals surface area contributed by atoms with Crippen molar-refractivity contribution >= 4 is 11.9 Å². The zero-order chi connectivity index (χ0) is 13.1. The van der Waals surface area contributed by atoms with Crippen LogP contribution in [0.25, 0.3) is 0 Å². The molecule has 4 heteroatoms. The summed E-state index contributed by atoms with van der Waals surface area (Å²) in [6.07, 6.45) is 9.17. The van der Waals surface area contributed by atoms with Gasteiger partial charge in [0.2, 0.25) is 0 Å². The summed E-state index contributed by atoms with van der Waals surface area (Å²) in [4.78, 5) is 21.9. The maximum Gasteiger partial charge on any atom is 0.330 e. The van der Waals surface area contributed by atoms with Crippen LogP contribution in [0, 0.1) is 23.7 Å². The van der Waals surface area contributed by atoms with E-state index in [9.17, 15) is 9.59 Å². The van der Waals surface area contributed by atoms with E-state index >= 15 is 0 Å². The van der Waals surface area contributed by atoms with E-state index in [0.29, 0.717) is 23.7 Å². The molecule has 0 heterocycles. The molecule has 2 saturated carbocycles. The van der Waals surface area contributed by atoms with Crippen LogP contribution in [0.1, 0.15) is 12.8 Å². The van der Waals surface area contributed by atoms with Crippen molar-refractivity contribution in [1.82, 2.24) is 0 Å². The summed E-state index contributed by atoms with van der Waals surface area (Å²) in [5.74, 6) is 1.75. The second-order valence-corrected chi connectivity index (χ2v) is 4.89. The second kappa shape index (κ2) is 5.38. The van der Waals surface area contributed by atoms with Gasteiger partial charge in [0, 0.05) is 12.2 Å². The minimum absolute atomic E-state index is 0.293. The average molecular weight is 250 g/mol. The summed E-state index contributed by atoms with van der Waals surface area (Å²) in [6.45, 7) is 0. The molecule has 2 aliphatic carbocycles. The van der Waals surface area contributed by atoms with Crippen molar-refractivity contribution in [1.29, 1.82) is 0 Å². The van der Waals surface area contributed by atoms with Gasteiger partial charge in [-0.15, -0.1) is 0 Å². The van der Waals surface area contributed by atoms with Gasteiger partial charge in [0.05, 0.1) is 14.2 Å². The molecule has 2 aliphatic rings. The van der Waals surface area contributed by atoms with E-state index < -0.39 is 0 Å². The lowest BCUT2D eigenvalue weighted by Crippen LogP contribution is -1.95. The van der Waals surface area contributed by atoms with Gasteiger partial charge in [0.15, 0.2) is 0 Å². The van der Waals surface area contributed by atoms with Crippen molar-refractivity contribution in [3.63, 3.8) is 0 Å². The molecule has 4 nitrogen and oxygen atoms in total. The number of hydrogen-bond donors (Lipinski definition) is 0. The third-order valence-corrected chi connectivity index (χ3v) is 3.69. The van der Waals surface area contributed by atoms with Crippen molar-refractivity contribution in [2.24, 2.45) is 23.7 Å². The van der Waals surface area contributed by atoms with Crippen LogP contribution in [-0.4, -0.2) is 26.2 Å². The molecule has 0 aromatic heterocycles. The van der Waals surface area contributed by atoms with E-state index in [1.165, 1.54) is 26.4 Å². The van der Waals surface area contributed by atoms with Crippen LogP contribution in [-0.2, 0) is 19.1 Å². The first kappa shape index (κ1) is 12.9.